The molecule has 0 fully saturated rings. The summed E-state index contributed by atoms with van der Waals surface area (Å²) in [5, 5.41) is 0. The van der Waals surface area contributed by atoms with Gasteiger partial charge in [0.15, 0.2) is 11.6 Å². The molecule has 3 rings (SSSR count). The number of nitrogens with zero attached hydrogens (tertiary/aromatic N) is 2. The van der Waals surface area contributed by atoms with Crippen LogP contribution in [0.2, 0.25) is 0 Å². The van der Waals surface area contributed by atoms with Gasteiger partial charge in [-0.25, -0.2) is 13.2 Å². The van der Waals surface area contributed by atoms with Crippen LogP contribution in [-0.4, -0.2) is 18.7 Å². The SMILES string of the molecule is Cc1ccc(COc2cc(C)n(-c3c(F)cc(N(C)C)cc3F)c(=O)c2Br)c(F)c1. The molecule has 0 atom stereocenters. The molecule has 0 bridgehead atoms. The Balaban J connectivity index is 2.01. The number of ether oxygens (including phenoxy) is 1. The molecule has 0 aliphatic rings. The lowest BCUT2D eigenvalue weighted by Crippen LogP contribution is -2.24. The zero-order chi connectivity index (χ0) is 22.2. The van der Waals surface area contributed by atoms with Crippen LogP contribution in [0.25, 0.3) is 5.69 Å². The Hall–Kier alpha value is -2.74. The summed E-state index contributed by atoms with van der Waals surface area (Å²) in [4.78, 5) is 14.4. The van der Waals surface area contributed by atoms with Crippen LogP contribution in [-0.2, 0) is 6.61 Å². The summed E-state index contributed by atoms with van der Waals surface area (Å²) < 4.78 is 49.9. The highest BCUT2D eigenvalue weighted by atomic mass is 79.9. The Labute approximate surface area is 180 Å². The van der Waals surface area contributed by atoms with Crippen LogP contribution in [0, 0.1) is 31.3 Å². The standard InChI is InChI=1S/C22H20BrF3N2O2/c1-12-5-6-14(16(24)7-12)11-30-19-8-13(2)28(22(29)20(19)23)21-17(25)9-15(27(3)4)10-18(21)26/h5-10H,11H2,1-4H3. The van der Waals surface area contributed by atoms with Crippen molar-refractivity contribution in [2.45, 2.75) is 20.5 Å². The largest absolute Gasteiger partial charge is 0.487 e. The molecule has 0 saturated heterocycles. The van der Waals surface area contributed by atoms with Crippen molar-refractivity contribution in [2.24, 2.45) is 0 Å². The molecular formula is C22H20BrF3N2O2. The van der Waals surface area contributed by atoms with E-state index in [1.165, 1.54) is 19.1 Å². The van der Waals surface area contributed by atoms with E-state index in [0.717, 1.165) is 22.3 Å². The van der Waals surface area contributed by atoms with E-state index in [1.54, 1.807) is 38.1 Å². The maximum absolute atomic E-state index is 14.7. The van der Waals surface area contributed by atoms with Crippen LogP contribution >= 0.6 is 15.9 Å². The molecule has 0 N–H and O–H groups in total. The van der Waals surface area contributed by atoms with Crippen LogP contribution < -0.4 is 15.2 Å². The molecular weight excluding hydrogens is 461 g/mol. The van der Waals surface area contributed by atoms with Crippen LogP contribution in [0.3, 0.4) is 0 Å². The van der Waals surface area contributed by atoms with E-state index < -0.39 is 28.7 Å². The maximum atomic E-state index is 14.7. The molecule has 0 aliphatic heterocycles. The Morgan fingerprint density at radius 3 is 2.20 bits per heavy atom. The van der Waals surface area contributed by atoms with Gasteiger partial charge in [-0.05, 0) is 53.5 Å². The molecule has 0 saturated carbocycles. The first-order chi connectivity index (χ1) is 14.1. The van der Waals surface area contributed by atoms with Gasteiger partial charge in [-0.15, -0.1) is 0 Å². The van der Waals surface area contributed by atoms with Crippen molar-refractivity contribution in [1.29, 1.82) is 0 Å². The van der Waals surface area contributed by atoms with Gasteiger partial charge in [0.2, 0.25) is 0 Å². The summed E-state index contributed by atoms with van der Waals surface area (Å²) in [6.07, 6.45) is 0. The second kappa shape index (κ2) is 8.55. The van der Waals surface area contributed by atoms with E-state index in [4.69, 9.17) is 4.74 Å². The third kappa shape index (κ3) is 4.23. The zero-order valence-electron chi connectivity index (χ0n) is 16.9. The average molecular weight is 481 g/mol. The van der Waals surface area contributed by atoms with E-state index in [9.17, 15) is 18.0 Å². The number of anilines is 1. The monoisotopic (exact) mass is 480 g/mol. The lowest BCUT2D eigenvalue weighted by Gasteiger charge is -2.18. The number of aromatic nitrogens is 1. The number of aryl methyl sites for hydroxylation is 2. The number of hydrogen-bond donors (Lipinski definition) is 0. The predicted octanol–water partition coefficient (Wildman–Crippen LogP) is 5.28. The van der Waals surface area contributed by atoms with E-state index >= 15 is 0 Å². The number of hydrogen-bond acceptors (Lipinski definition) is 3. The van der Waals surface area contributed by atoms with Crippen LogP contribution in [0.4, 0.5) is 18.9 Å². The lowest BCUT2D eigenvalue weighted by atomic mass is 10.1. The van der Waals surface area contributed by atoms with Crippen LogP contribution in [0.1, 0.15) is 16.8 Å². The van der Waals surface area contributed by atoms with Gasteiger partial charge in [-0.2, -0.15) is 0 Å². The molecule has 0 radical (unpaired) electrons. The third-order valence-electron chi connectivity index (χ3n) is 4.63. The number of pyridine rings is 1. The number of rotatable bonds is 5. The topological polar surface area (TPSA) is 34.5 Å². The molecule has 1 heterocycles. The third-order valence-corrected chi connectivity index (χ3v) is 5.36. The Kier molecular flexibility index (Phi) is 6.26. The van der Waals surface area contributed by atoms with Crippen molar-refractivity contribution >= 4 is 21.6 Å². The van der Waals surface area contributed by atoms with E-state index in [1.807, 2.05) is 0 Å². The van der Waals surface area contributed by atoms with E-state index in [-0.39, 0.29) is 22.5 Å². The molecule has 30 heavy (non-hydrogen) atoms. The highest BCUT2D eigenvalue weighted by Gasteiger charge is 2.20. The summed E-state index contributed by atoms with van der Waals surface area (Å²) in [6, 6.07) is 8.52. The molecule has 8 heteroatoms. The highest BCUT2D eigenvalue weighted by Crippen LogP contribution is 2.28. The fraction of sp³-hybridized carbons (Fsp3) is 0.227. The first-order valence-corrected chi connectivity index (χ1v) is 9.86. The summed E-state index contributed by atoms with van der Waals surface area (Å²) in [5.41, 5.74) is 0.534. The van der Waals surface area contributed by atoms with Gasteiger partial charge < -0.3 is 9.64 Å². The molecule has 2 aromatic carbocycles. The zero-order valence-corrected chi connectivity index (χ0v) is 18.5. The van der Waals surface area contributed by atoms with E-state index in [0.29, 0.717) is 11.3 Å². The molecule has 4 nitrogen and oxygen atoms in total. The smallest absolute Gasteiger partial charge is 0.273 e. The van der Waals surface area contributed by atoms with Crippen molar-refractivity contribution in [3.8, 4) is 11.4 Å². The summed E-state index contributed by atoms with van der Waals surface area (Å²) in [7, 11) is 3.32. The Morgan fingerprint density at radius 2 is 1.63 bits per heavy atom. The normalized spacial score (nSPS) is 10.9. The summed E-state index contributed by atoms with van der Waals surface area (Å²) >= 11 is 3.15. The second-order valence-corrected chi connectivity index (χ2v) is 7.93. The molecule has 0 spiro atoms. The lowest BCUT2D eigenvalue weighted by molar-refractivity contribution is 0.296. The second-order valence-electron chi connectivity index (χ2n) is 7.14. The first-order valence-electron chi connectivity index (χ1n) is 9.07. The molecule has 158 valence electrons. The van der Waals surface area contributed by atoms with Gasteiger partial charge in [0.25, 0.3) is 5.56 Å². The minimum atomic E-state index is -0.869. The average Bonchev–Trinajstić information content (AvgIpc) is 2.66. The maximum Gasteiger partial charge on any atom is 0.273 e. The van der Waals surface area contributed by atoms with Gasteiger partial charge in [-0.3, -0.25) is 9.36 Å². The van der Waals surface area contributed by atoms with Crippen molar-refractivity contribution < 1.29 is 17.9 Å². The fourth-order valence-electron chi connectivity index (χ4n) is 3.01. The van der Waals surface area contributed by atoms with Crippen molar-refractivity contribution in [1.82, 2.24) is 4.57 Å². The fourth-order valence-corrected chi connectivity index (χ4v) is 3.42. The van der Waals surface area contributed by atoms with Gasteiger partial charge in [-0.1, -0.05) is 12.1 Å². The molecule has 3 aromatic rings. The minimum Gasteiger partial charge on any atom is -0.487 e. The minimum absolute atomic E-state index is 0.0175. The Morgan fingerprint density at radius 1 is 1.00 bits per heavy atom. The number of halogens is 4. The first kappa shape index (κ1) is 22.0. The molecule has 1 aromatic heterocycles. The van der Waals surface area contributed by atoms with Crippen molar-refractivity contribution in [2.75, 3.05) is 19.0 Å². The highest BCUT2D eigenvalue weighted by molar-refractivity contribution is 9.10. The van der Waals surface area contributed by atoms with E-state index in [2.05, 4.69) is 15.9 Å². The van der Waals surface area contributed by atoms with Gasteiger partial charge in [0.1, 0.15) is 28.3 Å². The molecule has 0 amide bonds. The van der Waals surface area contributed by atoms with Crippen molar-refractivity contribution in [3.63, 3.8) is 0 Å². The molecule has 0 aliphatic carbocycles. The predicted molar refractivity (Wildman–Crippen MR) is 114 cm³/mol. The van der Waals surface area contributed by atoms with Gasteiger partial charge in [0.05, 0.1) is 0 Å². The Bertz CT molecular complexity index is 1150. The van der Waals surface area contributed by atoms with Crippen LogP contribution in [0.5, 0.6) is 5.75 Å². The van der Waals surface area contributed by atoms with Gasteiger partial charge in [0, 0.05) is 37.1 Å². The number of benzene rings is 2. The summed E-state index contributed by atoms with van der Waals surface area (Å²) in [5.74, 6) is -2.00. The molecule has 0 unspecified atom stereocenters. The summed E-state index contributed by atoms with van der Waals surface area (Å²) in [6.45, 7) is 3.20. The van der Waals surface area contributed by atoms with Crippen molar-refractivity contribution in [3.05, 3.63) is 85.5 Å². The van der Waals surface area contributed by atoms with Gasteiger partial charge >= 0.3 is 0 Å². The quantitative estimate of drug-likeness (QED) is 0.498. The van der Waals surface area contributed by atoms with Crippen LogP contribution in [0.15, 0.2) is 45.7 Å².